The Hall–Kier alpha value is 1.12. The second-order valence-corrected chi connectivity index (χ2v) is 17.5. The van der Waals surface area contributed by atoms with Gasteiger partial charge < -0.3 is 41.0 Å². The van der Waals surface area contributed by atoms with Gasteiger partial charge >= 0.3 is 0 Å². The van der Waals surface area contributed by atoms with Crippen molar-refractivity contribution in [2.24, 2.45) is 0 Å². The lowest BCUT2D eigenvalue weighted by Gasteiger charge is -2.26. The Balaban J connectivity index is -0.0000000876. The average Bonchev–Trinajstić information content (AvgIpc) is 3.10. The summed E-state index contributed by atoms with van der Waals surface area (Å²) >= 11 is 5.00. The maximum absolute atomic E-state index is 10.4. The second kappa shape index (κ2) is 62.3. The van der Waals surface area contributed by atoms with Crippen LogP contribution in [0.5, 0.6) is 0 Å². The van der Waals surface area contributed by atoms with E-state index < -0.39 is 8.38 Å². The molecule has 0 aliphatic carbocycles. The van der Waals surface area contributed by atoms with Gasteiger partial charge in [-0.2, -0.15) is 0 Å². The van der Waals surface area contributed by atoms with Gasteiger partial charge in [-0.1, -0.05) is 152 Å². The molecule has 0 saturated heterocycles. The van der Waals surface area contributed by atoms with E-state index in [4.69, 9.17) is 26.3 Å². The number of aliphatic hydroxyl groups excluding tert-OH is 2. The molecule has 0 aromatic heterocycles. The van der Waals surface area contributed by atoms with Crippen molar-refractivity contribution < 1.29 is 50.6 Å². The highest BCUT2D eigenvalue weighted by Gasteiger charge is 2.12. The van der Waals surface area contributed by atoms with Gasteiger partial charge in [-0.15, -0.1) is 11.6 Å². The van der Waals surface area contributed by atoms with E-state index in [1.807, 2.05) is 6.92 Å². The van der Waals surface area contributed by atoms with Gasteiger partial charge in [-0.3, -0.25) is 0 Å². The molecule has 0 aromatic carbocycles. The molecule has 0 rings (SSSR count). The molecule has 0 radical (unpaired) electrons. The van der Waals surface area contributed by atoms with Gasteiger partial charge in [0.2, 0.25) is 0 Å². The zero-order valence-electron chi connectivity index (χ0n) is 35.9. The average molecular weight is 850 g/mol. The van der Waals surface area contributed by atoms with Crippen molar-refractivity contribution in [2.45, 2.75) is 185 Å². The van der Waals surface area contributed by atoms with Gasteiger partial charge in [0.25, 0.3) is 0 Å². The number of halogens is 2. The number of hydrogen-bond donors (Lipinski definition) is 2. The number of nitrogens with zero attached hydrogens (tertiary/aromatic N) is 2. The predicted octanol–water partition coefficient (Wildman–Crippen LogP) is 9.28. The molecule has 0 aromatic rings. The number of quaternary nitrogens is 2. The molecule has 334 valence electrons. The topological polar surface area (TPSA) is 91.2 Å². The van der Waals surface area contributed by atoms with Crippen molar-refractivity contribution >= 4 is 28.8 Å². The predicted molar refractivity (Wildman–Crippen MR) is 238 cm³/mol. The van der Waals surface area contributed by atoms with Gasteiger partial charge in [-0.25, -0.2) is 9.56 Å². The SMILES string of the molecule is C.C.CCCCCCCCCCCC[N+](C)(C)CO.CCCCCCCCCCCC[N+](C)(C)CO.CCCl.CCOOP([O-])CC.CCPOC.[Cl-]. The first-order valence-corrected chi connectivity index (χ1v) is 23.3. The van der Waals surface area contributed by atoms with E-state index in [0.29, 0.717) is 21.6 Å². The highest BCUT2D eigenvalue weighted by molar-refractivity contribution is 7.44. The Labute approximate surface area is 349 Å². The van der Waals surface area contributed by atoms with Crippen LogP contribution in [0.1, 0.15) is 185 Å². The standard InChI is InChI=1S/2C15H34NO.C4H10O3P.C3H9OP.C2H5Cl.2CH4.ClH/c2*1-4-5-6-7-8-9-10-11-12-13-14-16(2,3)15-17;1-3-6-7-8(5)4-2;1-3-5-4-2;1-2-3;;;/h2*17H,4-15H2,1-3H3;3-4H2,1-2H3;5H,3H2,1-2H3;2H2,1H3;2*1H4;1H/q2*+1;-1;;;;;/p-1. The summed E-state index contributed by atoms with van der Waals surface area (Å²) in [6.07, 6.45) is 29.3. The minimum absolute atomic E-state index is 0. The smallest absolute Gasteiger partial charge is 0.179 e. The first kappa shape index (κ1) is 71.8. The molecule has 2 N–H and O–H groups in total. The summed E-state index contributed by atoms with van der Waals surface area (Å²) in [5, 5.41) is 18.2. The first-order chi connectivity index (χ1) is 23.9. The number of aliphatic hydroxyl groups is 2. The third kappa shape index (κ3) is 82.1. The number of unbranched alkanes of at least 4 members (excludes halogenated alkanes) is 18. The molecule has 8 nitrogen and oxygen atoms in total. The van der Waals surface area contributed by atoms with Crippen LogP contribution in [0.25, 0.3) is 0 Å². The van der Waals surface area contributed by atoms with Crippen LogP contribution in [0.2, 0.25) is 0 Å². The Morgan fingerprint density at radius 1 is 0.585 bits per heavy atom. The summed E-state index contributed by atoms with van der Waals surface area (Å²) < 4.78 is 10.6. The van der Waals surface area contributed by atoms with Crippen LogP contribution < -0.4 is 17.3 Å². The monoisotopic (exact) mass is 849 g/mol. The zero-order chi connectivity index (χ0) is 39.2. The Morgan fingerprint density at radius 2 is 0.868 bits per heavy atom. The van der Waals surface area contributed by atoms with Crippen molar-refractivity contribution in [3.63, 3.8) is 0 Å². The Bertz CT molecular complexity index is 539. The van der Waals surface area contributed by atoms with E-state index in [0.717, 1.165) is 34.1 Å². The summed E-state index contributed by atoms with van der Waals surface area (Å²) in [7, 11) is 9.23. The third-order valence-electron chi connectivity index (χ3n) is 7.80. The minimum atomic E-state index is -1.56. The molecule has 2 unspecified atom stereocenters. The van der Waals surface area contributed by atoms with Crippen molar-refractivity contribution in [3.05, 3.63) is 0 Å². The van der Waals surface area contributed by atoms with Gasteiger partial charge in [0, 0.05) is 21.8 Å². The van der Waals surface area contributed by atoms with Crippen LogP contribution >= 0.6 is 28.8 Å². The lowest BCUT2D eigenvalue weighted by Crippen LogP contribution is -3.00. The van der Waals surface area contributed by atoms with Crippen LogP contribution in [0, 0.1) is 0 Å². The lowest BCUT2D eigenvalue weighted by molar-refractivity contribution is -0.909. The van der Waals surface area contributed by atoms with Crippen LogP contribution in [0.3, 0.4) is 0 Å². The maximum Gasteiger partial charge on any atom is 0.179 e. The molecule has 2 atom stereocenters. The van der Waals surface area contributed by atoms with Gasteiger partial charge in [0.05, 0.1) is 47.9 Å². The summed E-state index contributed by atoms with van der Waals surface area (Å²) in [4.78, 5) is 14.8. The number of hydrogen-bond acceptors (Lipinski definition) is 6. The molecular formula is C41H100Cl2N2O6P2. The fraction of sp³-hybridized carbons (Fsp3) is 1.00. The number of alkyl halides is 1. The second-order valence-electron chi connectivity index (χ2n) is 14.1. The molecule has 12 heteroatoms. The minimum Gasteiger partial charge on any atom is -1.00 e. The van der Waals surface area contributed by atoms with Gasteiger partial charge in [0.1, 0.15) is 0 Å². The van der Waals surface area contributed by atoms with E-state index in [2.05, 4.69) is 58.5 Å². The van der Waals surface area contributed by atoms with E-state index >= 15 is 0 Å². The summed E-state index contributed by atoms with van der Waals surface area (Å²) in [5.41, 5.74) is 0. The molecule has 0 heterocycles. The van der Waals surface area contributed by atoms with Crippen molar-refractivity contribution in [1.82, 2.24) is 0 Å². The maximum atomic E-state index is 10.4. The van der Waals surface area contributed by atoms with Crippen LogP contribution in [-0.2, 0) is 14.1 Å². The molecule has 0 amide bonds. The molecular weight excluding hydrogens is 749 g/mol. The van der Waals surface area contributed by atoms with Crippen molar-refractivity contribution in [1.29, 1.82) is 0 Å². The van der Waals surface area contributed by atoms with Gasteiger partial charge in [-0.05, 0) is 53.3 Å². The van der Waals surface area contributed by atoms with Crippen LogP contribution in [0.15, 0.2) is 0 Å². The van der Waals surface area contributed by atoms with Crippen LogP contribution in [-0.4, -0.2) is 106 Å². The highest BCUT2D eigenvalue weighted by atomic mass is 35.5. The Morgan fingerprint density at radius 3 is 1.06 bits per heavy atom. The molecule has 0 fully saturated rings. The van der Waals surface area contributed by atoms with Crippen molar-refractivity contribution in [2.75, 3.05) is 86.7 Å². The quantitative estimate of drug-likeness (QED) is 0.0143. The largest absolute Gasteiger partial charge is 1.00 e. The van der Waals surface area contributed by atoms with Gasteiger partial charge in [0.15, 0.2) is 13.5 Å². The molecule has 0 aliphatic rings. The summed E-state index contributed by atoms with van der Waals surface area (Å²) in [6.45, 7) is 15.3. The fourth-order valence-corrected chi connectivity index (χ4v) is 5.12. The van der Waals surface area contributed by atoms with E-state index in [-0.39, 0.29) is 40.7 Å². The number of rotatable bonds is 30. The van der Waals surface area contributed by atoms with Crippen LogP contribution in [0.4, 0.5) is 0 Å². The first-order valence-electron chi connectivity index (χ1n) is 20.3. The third-order valence-corrected chi connectivity index (χ3v) is 9.17. The van der Waals surface area contributed by atoms with Crippen molar-refractivity contribution in [3.8, 4) is 0 Å². The fourth-order valence-electron chi connectivity index (χ4n) is 4.50. The zero-order valence-corrected chi connectivity index (χ0v) is 39.3. The summed E-state index contributed by atoms with van der Waals surface area (Å²) in [5.74, 6) is 0.722. The van der Waals surface area contributed by atoms with E-state index in [9.17, 15) is 4.89 Å². The summed E-state index contributed by atoms with van der Waals surface area (Å²) in [6, 6.07) is 0. The van der Waals surface area contributed by atoms with E-state index in [1.54, 1.807) is 21.0 Å². The molecule has 0 saturated carbocycles. The molecule has 53 heavy (non-hydrogen) atoms. The molecule has 0 aliphatic heterocycles. The lowest BCUT2D eigenvalue weighted by atomic mass is 10.1. The molecule has 0 spiro atoms. The molecule has 0 bridgehead atoms. The Kier molecular flexibility index (Phi) is 84.4. The van der Waals surface area contributed by atoms with E-state index in [1.165, 1.54) is 128 Å². The highest BCUT2D eigenvalue weighted by Crippen LogP contribution is 2.24. The normalized spacial score (nSPS) is 11.2.